The molecule has 1 aromatic heterocycles. The van der Waals surface area contributed by atoms with Crippen molar-refractivity contribution in [1.29, 1.82) is 0 Å². The monoisotopic (exact) mass is 337 g/mol. The van der Waals surface area contributed by atoms with Crippen LogP contribution in [0.1, 0.15) is 20.8 Å². The van der Waals surface area contributed by atoms with Crippen LogP contribution in [0.2, 0.25) is 0 Å². The van der Waals surface area contributed by atoms with Gasteiger partial charge in [0, 0.05) is 29.7 Å². The van der Waals surface area contributed by atoms with Gasteiger partial charge in [-0.15, -0.1) is 22.9 Å². The second kappa shape index (κ2) is 7.61. The fourth-order valence-electron chi connectivity index (χ4n) is 2.03. The molecule has 1 heterocycles. The number of alkyl halides is 1. The van der Waals surface area contributed by atoms with Crippen molar-refractivity contribution in [2.24, 2.45) is 0 Å². The molecule has 0 saturated heterocycles. The van der Waals surface area contributed by atoms with Gasteiger partial charge in [0.25, 0.3) is 0 Å². The molecule has 0 saturated carbocycles. The predicted octanol–water partition coefficient (Wildman–Crippen LogP) is 4.22. The molecule has 1 atom stereocenters. The van der Waals surface area contributed by atoms with Crippen LogP contribution in [0.25, 0.3) is 11.3 Å². The van der Waals surface area contributed by atoms with Gasteiger partial charge in [0.2, 0.25) is 5.91 Å². The van der Waals surface area contributed by atoms with E-state index in [4.69, 9.17) is 11.6 Å². The molecule has 1 N–H and O–H groups in total. The van der Waals surface area contributed by atoms with Crippen molar-refractivity contribution < 1.29 is 4.79 Å². The number of carbonyl (C=O) groups excluding carboxylic acids is 1. The molecule has 2 aromatic rings. The van der Waals surface area contributed by atoms with Crippen LogP contribution < -0.4 is 10.2 Å². The minimum Gasteiger partial charge on any atom is -0.349 e. The third kappa shape index (κ3) is 3.99. The van der Waals surface area contributed by atoms with Gasteiger partial charge in [0.1, 0.15) is 5.38 Å². The Labute approximate surface area is 140 Å². The molecule has 118 valence electrons. The highest BCUT2D eigenvalue weighted by atomic mass is 35.5. The third-order valence-corrected chi connectivity index (χ3v) is 4.41. The number of carbonyl (C=O) groups is 1. The summed E-state index contributed by atoms with van der Waals surface area (Å²) in [7, 11) is 0. The zero-order chi connectivity index (χ0) is 16.1. The molecule has 0 aliphatic carbocycles. The van der Waals surface area contributed by atoms with Gasteiger partial charge in [0.05, 0.1) is 5.69 Å². The predicted molar refractivity (Wildman–Crippen MR) is 95.1 cm³/mol. The van der Waals surface area contributed by atoms with E-state index >= 15 is 0 Å². The Hall–Kier alpha value is -1.59. The van der Waals surface area contributed by atoms with Crippen molar-refractivity contribution >= 4 is 39.7 Å². The summed E-state index contributed by atoms with van der Waals surface area (Å²) in [6, 6.07) is 7.65. The maximum absolute atomic E-state index is 11.7. The molecule has 0 spiro atoms. The first-order valence-corrected chi connectivity index (χ1v) is 8.62. The lowest BCUT2D eigenvalue weighted by molar-refractivity contribution is -0.115. The molecule has 0 bridgehead atoms. The number of nitrogens with one attached hydrogen (secondary N) is 1. The van der Waals surface area contributed by atoms with Gasteiger partial charge in [-0.05, 0) is 32.9 Å². The smallest absolute Gasteiger partial charge is 0.242 e. The summed E-state index contributed by atoms with van der Waals surface area (Å²) in [5.41, 5.74) is 2.63. The molecule has 1 aromatic carbocycles. The lowest BCUT2D eigenvalue weighted by Crippen LogP contribution is -2.21. The summed E-state index contributed by atoms with van der Waals surface area (Å²) >= 11 is 7.41. The second-order valence-electron chi connectivity index (χ2n) is 4.87. The summed E-state index contributed by atoms with van der Waals surface area (Å²) < 4.78 is 0. The van der Waals surface area contributed by atoms with E-state index in [9.17, 15) is 4.79 Å². The van der Waals surface area contributed by atoms with Crippen molar-refractivity contribution in [3.63, 3.8) is 0 Å². The lowest BCUT2D eigenvalue weighted by atomic mass is 10.1. The van der Waals surface area contributed by atoms with Crippen LogP contribution in [0.5, 0.6) is 0 Å². The zero-order valence-electron chi connectivity index (χ0n) is 13.0. The number of aromatic nitrogens is 1. The van der Waals surface area contributed by atoms with Crippen LogP contribution in [0, 0.1) is 0 Å². The summed E-state index contributed by atoms with van der Waals surface area (Å²) in [5, 5.41) is 5.30. The maximum Gasteiger partial charge on any atom is 0.242 e. The van der Waals surface area contributed by atoms with Crippen LogP contribution in [0.3, 0.4) is 0 Å². The molecular weight excluding hydrogens is 318 g/mol. The Morgan fingerprint density at radius 1 is 1.41 bits per heavy atom. The SMILES string of the molecule is CCN(CC)c1nc(-c2cccc(NC(=O)C(C)Cl)c2)cs1. The topological polar surface area (TPSA) is 45.2 Å². The molecule has 1 amide bonds. The summed E-state index contributed by atoms with van der Waals surface area (Å²) in [4.78, 5) is 18.6. The number of nitrogens with zero attached hydrogens (tertiary/aromatic N) is 2. The molecule has 1 unspecified atom stereocenters. The average molecular weight is 338 g/mol. The van der Waals surface area contributed by atoms with Crippen molar-refractivity contribution in [2.75, 3.05) is 23.3 Å². The molecule has 6 heteroatoms. The number of hydrogen-bond donors (Lipinski definition) is 1. The summed E-state index contributed by atoms with van der Waals surface area (Å²) in [6.45, 7) is 7.76. The van der Waals surface area contributed by atoms with Crippen molar-refractivity contribution in [1.82, 2.24) is 4.98 Å². The van der Waals surface area contributed by atoms with Crippen LogP contribution in [0.4, 0.5) is 10.8 Å². The Kier molecular flexibility index (Phi) is 5.80. The number of hydrogen-bond acceptors (Lipinski definition) is 4. The van der Waals surface area contributed by atoms with E-state index in [1.165, 1.54) is 0 Å². The molecule has 22 heavy (non-hydrogen) atoms. The fraction of sp³-hybridized carbons (Fsp3) is 0.375. The number of rotatable bonds is 6. The van der Waals surface area contributed by atoms with Gasteiger partial charge in [-0.2, -0.15) is 0 Å². The zero-order valence-corrected chi connectivity index (χ0v) is 14.5. The van der Waals surface area contributed by atoms with E-state index in [1.807, 2.05) is 29.6 Å². The van der Waals surface area contributed by atoms with E-state index in [1.54, 1.807) is 18.3 Å². The van der Waals surface area contributed by atoms with E-state index in [0.29, 0.717) is 0 Å². The minimum atomic E-state index is -0.558. The van der Waals surface area contributed by atoms with E-state index in [0.717, 1.165) is 35.2 Å². The lowest BCUT2D eigenvalue weighted by Gasteiger charge is -2.16. The van der Waals surface area contributed by atoms with E-state index < -0.39 is 5.38 Å². The van der Waals surface area contributed by atoms with Gasteiger partial charge in [-0.1, -0.05) is 12.1 Å². The molecule has 0 fully saturated rings. The third-order valence-electron chi connectivity index (χ3n) is 3.31. The first-order chi connectivity index (χ1) is 10.5. The van der Waals surface area contributed by atoms with Gasteiger partial charge in [-0.25, -0.2) is 4.98 Å². The molecule has 0 aliphatic rings. The average Bonchev–Trinajstić information content (AvgIpc) is 2.98. The highest BCUT2D eigenvalue weighted by Crippen LogP contribution is 2.28. The quantitative estimate of drug-likeness (QED) is 0.802. The number of halogens is 1. The number of amides is 1. The highest BCUT2D eigenvalue weighted by Gasteiger charge is 2.12. The number of anilines is 2. The summed E-state index contributed by atoms with van der Waals surface area (Å²) in [6.07, 6.45) is 0. The van der Waals surface area contributed by atoms with Gasteiger partial charge < -0.3 is 10.2 Å². The maximum atomic E-state index is 11.7. The van der Waals surface area contributed by atoms with Gasteiger partial charge in [0.15, 0.2) is 5.13 Å². The Balaban J connectivity index is 2.21. The molecule has 0 aliphatic heterocycles. The van der Waals surface area contributed by atoms with Gasteiger partial charge >= 0.3 is 0 Å². The van der Waals surface area contributed by atoms with Crippen LogP contribution in [0.15, 0.2) is 29.6 Å². The summed E-state index contributed by atoms with van der Waals surface area (Å²) in [5.74, 6) is -0.207. The molecule has 0 radical (unpaired) electrons. The van der Waals surface area contributed by atoms with E-state index in [-0.39, 0.29) is 5.91 Å². The van der Waals surface area contributed by atoms with Crippen LogP contribution >= 0.6 is 22.9 Å². The standard InChI is InChI=1S/C16H20ClN3OS/c1-4-20(5-2)16-19-14(10-22-16)12-7-6-8-13(9-12)18-15(21)11(3)17/h6-11H,4-5H2,1-3H3,(H,18,21). The number of thiazole rings is 1. The largest absolute Gasteiger partial charge is 0.349 e. The fourth-order valence-corrected chi connectivity index (χ4v) is 3.05. The van der Waals surface area contributed by atoms with Crippen LogP contribution in [-0.2, 0) is 4.79 Å². The Morgan fingerprint density at radius 3 is 2.77 bits per heavy atom. The number of benzene rings is 1. The molecule has 2 rings (SSSR count). The van der Waals surface area contributed by atoms with Crippen molar-refractivity contribution in [3.05, 3.63) is 29.6 Å². The van der Waals surface area contributed by atoms with E-state index in [2.05, 4.69) is 29.0 Å². The first kappa shape index (κ1) is 16.8. The van der Waals surface area contributed by atoms with Crippen molar-refractivity contribution in [3.8, 4) is 11.3 Å². The van der Waals surface area contributed by atoms with Crippen molar-refractivity contribution in [2.45, 2.75) is 26.1 Å². The van der Waals surface area contributed by atoms with Gasteiger partial charge in [-0.3, -0.25) is 4.79 Å². The second-order valence-corrected chi connectivity index (χ2v) is 6.36. The molecule has 4 nitrogen and oxygen atoms in total. The van der Waals surface area contributed by atoms with Crippen LogP contribution in [-0.4, -0.2) is 29.4 Å². The molecular formula is C16H20ClN3OS. The Morgan fingerprint density at radius 2 is 2.14 bits per heavy atom. The highest BCUT2D eigenvalue weighted by molar-refractivity contribution is 7.14. The Bertz CT molecular complexity index is 638. The normalized spacial score (nSPS) is 12.0. The minimum absolute atomic E-state index is 0.207. The first-order valence-electron chi connectivity index (χ1n) is 7.31.